The number of nitriles is 2. The van der Waals surface area contributed by atoms with Crippen molar-refractivity contribution >= 4 is 0 Å². The fourth-order valence-electron chi connectivity index (χ4n) is 1.37. The first-order valence-electron chi connectivity index (χ1n) is 4.49. The number of ether oxygens (including phenoxy) is 1. The molecular formula is C11H7F3N2O. The Morgan fingerprint density at radius 2 is 1.94 bits per heavy atom. The van der Waals surface area contributed by atoms with Crippen LogP contribution in [0.15, 0.2) is 12.1 Å². The van der Waals surface area contributed by atoms with Crippen molar-refractivity contribution in [1.82, 2.24) is 0 Å². The van der Waals surface area contributed by atoms with Gasteiger partial charge in [-0.1, -0.05) is 0 Å². The van der Waals surface area contributed by atoms with E-state index in [1.807, 2.05) is 0 Å². The molecule has 0 spiro atoms. The fourth-order valence-corrected chi connectivity index (χ4v) is 1.37. The molecule has 0 amide bonds. The highest BCUT2D eigenvalue weighted by atomic mass is 19.4. The third-order valence-corrected chi connectivity index (χ3v) is 2.12. The van der Waals surface area contributed by atoms with Crippen LogP contribution in [0.5, 0.6) is 5.75 Å². The number of halogens is 3. The Morgan fingerprint density at radius 3 is 2.35 bits per heavy atom. The van der Waals surface area contributed by atoms with Crippen LogP contribution in [0.1, 0.15) is 16.7 Å². The topological polar surface area (TPSA) is 56.8 Å². The third-order valence-electron chi connectivity index (χ3n) is 2.12. The summed E-state index contributed by atoms with van der Waals surface area (Å²) in [6.45, 7) is 0. The summed E-state index contributed by atoms with van der Waals surface area (Å²) in [7, 11) is 1.21. The van der Waals surface area contributed by atoms with E-state index in [2.05, 4.69) is 0 Å². The second kappa shape index (κ2) is 4.75. The summed E-state index contributed by atoms with van der Waals surface area (Å²) in [5.41, 5.74) is -1.30. The number of alkyl halides is 3. The fraction of sp³-hybridized carbons (Fsp3) is 0.273. The van der Waals surface area contributed by atoms with Crippen molar-refractivity contribution in [3.63, 3.8) is 0 Å². The zero-order valence-corrected chi connectivity index (χ0v) is 8.80. The SMILES string of the molecule is COc1cc(C(F)(F)F)c(C#N)cc1CC#N. The minimum absolute atomic E-state index is 0.0436. The van der Waals surface area contributed by atoms with Crippen LogP contribution in [0.3, 0.4) is 0 Å². The zero-order chi connectivity index (χ0) is 13.1. The molecule has 0 radical (unpaired) electrons. The number of nitrogens with zero attached hydrogens (tertiary/aromatic N) is 2. The van der Waals surface area contributed by atoms with Gasteiger partial charge >= 0.3 is 6.18 Å². The molecule has 0 saturated heterocycles. The van der Waals surface area contributed by atoms with Gasteiger partial charge in [-0.25, -0.2) is 0 Å². The molecule has 0 aliphatic carbocycles. The van der Waals surface area contributed by atoms with Gasteiger partial charge in [0.1, 0.15) is 5.75 Å². The molecule has 0 aromatic heterocycles. The molecule has 88 valence electrons. The van der Waals surface area contributed by atoms with Crippen LogP contribution in [-0.4, -0.2) is 7.11 Å². The van der Waals surface area contributed by atoms with E-state index in [4.69, 9.17) is 15.3 Å². The van der Waals surface area contributed by atoms with Crippen molar-refractivity contribution in [2.45, 2.75) is 12.6 Å². The Morgan fingerprint density at radius 1 is 1.29 bits per heavy atom. The molecule has 0 unspecified atom stereocenters. The van der Waals surface area contributed by atoms with Gasteiger partial charge in [-0.2, -0.15) is 23.7 Å². The highest BCUT2D eigenvalue weighted by Crippen LogP contribution is 2.35. The van der Waals surface area contributed by atoms with Crippen LogP contribution >= 0.6 is 0 Å². The molecular weight excluding hydrogens is 233 g/mol. The Labute approximate surface area is 95.7 Å². The summed E-state index contributed by atoms with van der Waals surface area (Å²) >= 11 is 0. The molecule has 1 aromatic rings. The molecule has 0 N–H and O–H groups in total. The van der Waals surface area contributed by atoms with Gasteiger partial charge in [-0.05, 0) is 12.1 Å². The molecule has 1 aromatic carbocycles. The van der Waals surface area contributed by atoms with E-state index in [0.29, 0.717) is 0 Å². The van der Waals surface area contributed by atoms with E-state index in [1.54, 1.807) is 6.07 Å². The van der Waals surface area contributed by atoms with Crippen LogP contribution in [0.2, 0.25) is 0 Å². The van der Waals surface area contributed by atoms with Gasteiger partial charge in [-0.3, -0.25) is 0 Å². The van der Waals surface area contributed by atoms with Crippen LogP contribution in [0.4, 0.5) is 13.2 Å². The summed E-state index contributed by atoms with van der Waals surface area (Å²) in [6.07, 6.45) is -4.74. The molecule has 0 aliphatic heterocycles. The van der Waals surface area contributed by atoms with E-state index in [0.717, 1.165) is 12.1 Å². The zero-order valence-electron chi connectivity index (χ0n) is 8.80. The maximum atomic E-state index is 12.6. The lowest BCUT2D eigenvalue weighted by molar-refractivity contribution is -0.137. The minimum atomic E-state index is -4.62. The average Bonchev–Trinajstić information content (AvgIpc) is 2.27. The highest BCUT2D eigenvalue weighted by Gasteiger charge is 2.34. The van der Waals surface area contributed by atoms with E-state index < -0.39 is 17.3 Å². The Bertz CT molecular complexity index is 509. The predicted octanol–water partition coefficient (Wildman–Crippen LogP) is 2.65. The van der Waals surface area contributed by atoms with E-state index in [-0.39, 0.29) is 17.7 Å². The quantitative estimate of drug-likeness (QED) is 0.798. The molecule has 17 heavy (non-hydrogen) atoms. The monoisotopic (exact) mass is 240 g/mol. The van der Waals surface area contributed by atoms with Gasteiger partial charge in [0.25, 0.3) is 0 Å². The van der Waals surface area contributed by atoms with Crippen LogP contribution in [0, 0.1) is 22.7 Å². The van der Waals surface area contributed by atoms with Gasteiger partial charge in [0.05, 0.1) is 36.8 Å². The maximum Gasteiger partial charge on any atom is 0.417 e. The molecule has 1 rings (SSSR count). The van der Waals surface area contributed by atoms with Crippen molar-refractivity contribution in [2.75, 3.05) is 7.11 Å². The lowest BCUT2D eigenvalue weighted by Gasteiger charge is -2.13. The van der Waals surface area contributed by atoms with Crippen molar-refractivity contribution in [2.24, 2.45) is 0 Å². The van der Waals surface area contributed by atoms with Crippen molar-refractivity contribution in [3.05, 3.63) is 28.8 Å². The first-order valence-corrected chi connectivity index (χ1v) is 4.49. The molecule has 0 bridgehead atoms. The number of hydrogen-bond acceptors (Lipinski definition) is 3. The number of benzene rings is 1. The number of methoxy groups -OCH3 is 1. The smallest absolute Gasteiger partial charge is 0.417 e. The summed E-state index contributed by atoms with van der Waals surface area (Å²) in [4.78, 5) is 0. The maximum absolute atomic E-state index is 12.6. The number of hydrogen-bond donors (Lipinski definition) is 0. The van der Waals surface area contributed by atoms with Crippen LogP contribution in [-0.2, 0) is 12.6 Å². The second-order valence-corrected chi connectivity index (χ2v) is 3.15. The van der Waals surface area contributed by atoms with Crippen molar-refractivity contribution in [3.8, 4) is 17.9 Å². The Kier molecular flexibility index (Phi) is 3.59. The second-order valence-electron chi connectivity index (χ2n) is 3.15. The van der Waals surface area contributed by atoms with E-state index in [9.17, 15) is 13.2 Å². The van der Waals surface area contributed by atoms with Gasteiger partial charge in [-0.15, -0.1) is 0 Å². The summed E-state index contributed by atoms with van der Waals surface area (Å²) in [6, 6.07) is 5.04. The van der Waals surface area contributed by atoms with Crippen molar-refractivity contribution in [1.29, 1.82) is 10.5 Å². The number of rotatable bonds is 2. The Balaban J connectivity index is 3.46. The van der Waals surface area contributed by atoms with Crippen molar-refractivity contribution < 1.29 is 17.9 Å². The third kappa shape index (κ3) is 2.67. The van der Waals surface area contributed by atoms with Crippen LogP contribution in [0.25, 0.3) is 0 Å². The normalized spacial score (nSPS) is 10.5. The van der Waals surface area contributed by atoms with Gasteiger partial charge in [0, 0.05) is 5.56 Å². The summed E-state index contributed by atoms with van der Waals surface area (Å²) in [5.74, 6) is -0.0436. The lowest BCUT2D eigenvalue weighted by Crippen LogP contribution is -2.09. The minimum Gasteiger partial charge on any atom is -0.496 e. The van der Waals surface area contributed by atoms with Gasteiger partial charge in [0.15, 0.2) is 0 Å². The van der Waals surface area contributed by atoms with Gasteiger partial charge in [0.2, 0.25) is 0 Å². The summed E-state index contributed by atoms with van der Waals surface area (Å²) in [5, 5.41) is 17.2. The molecule has 3 nitrogen and oxygen atoms in total. The first kappa shape index (κ1) is 12.9. The molecule has 6 heteroatoms. The lowest BCUT2D eigenvalue weighted by atomic mass is 10.0. The molecule has 0 atom stereocenters. The van der Waals surface area contributed by atoms with E-state index in [1.165, 1.54) is 13.2 Å². The standard InChI is InChI=1S/C11H7F3N2O/c1-17-10-5-9(11(12,13)14)8(6-16)4-7(10)2-3-15/h4-5H,2H2,1H3. The molecule has 0 aliphatic rings. The first-order chi connectivity index (χ1) is 7.93. The summed E-state index contributed by atoms with van der Waals surface area (Å²) < 4.78 is 42.6. The van der Waals surface area contributed by atoms with E-state index >= 15 is 0 Å². The largest absolute Gasteiger partial charge is 0.496 e. The van der Waals surface area contributed by atoms with Gasteiger partial charge < -0.3 is 4.74 Å². The average molecular weight is 240 g/mol. The Hall–Kier alpha value is -2.21. The predicted molar refractivity (Wildman–Crippen MR) is 52.0 cm³/mol. The van der Waals surface area contributed by atoms with Crippen LogP contribution < -0.4 is 4.74 Å². The highest BCUT2D eigenvalue weighted by molar-refractivity contribution is 5.50. The molecule has 0 heterocycles. The molecule has 0 fully saturated rings. The molecule has 0 saturated carbocycles.